The lowest BCUT2D eigenvalue weighted by molar-refractivity contribution is 0.304. The number of aliphatic hydroxyl groups excluding tert-OH is 1. The van der Waals surface area contributed by atoms with E-state index in [1.54, 1.807) is 6.07 Å². The van der Waals surface area contributed by atoms with E-state index in [0.29, 0.717) is 13.1 Å². The van der Waals surface area contributed by atoms with E-state index in [4.69, 9.17) is 5.11 Å². The third-order valence-electron chi connectivity index (χ3n) is 2.45. The first-order valence-corrected chi connectivity index (χ1v) is 5.50. The van der Waals surface area contributed by atoms with Gasteiger partial charge >= 0.3 is 0 Å². The number of rotatable bonds is 6. The van der Waals surface area contributed by atoms with Crippen LogP contribution in [0, 0.1) is 5.82 Å². The van der Waals surface area contributed by atoms with Crippen LogP contribution in [0.4, 0.5) is 10.1 Å². The number of halogens is 1. The Labute approximate surface area is 95.9 Å². The number of nitrogens with zero attached hydrogens (tertiary/aromatic N) is 1. The van der Waals surface area contributed by atoms with Crippen LogP contribution >= 0.6 is 0 Å². The molecule has 0 atom stereocenters. The van der Waals surface area contributed by atoms with Gasteiger partial charge in [-0.3, -0.25) is 0 Å². The summed E-state index contributed by atoms with van der Waals surface area (Å²) >= 11 is 0. The van der Waals surface area contributed by atoms with E-state index < -0.39 is 0 Å². The van der Waals surface area contributed by atoms with Crippen molar-refractivity contribution in [2.45, 2.75) is 13.5 Å². The van der Waals surface area contributed by atoms with Crippen LogP contribution in [0.2, 0.25) is 0 Å². The van der Waals surface area contributed by atoms with E-state index in [0.717, 1.165) is 17.8 Å². The zero-order chi connectivity index (χ0) is 12.0. The van der Waals surface area contributed by atoms with Gasteiger partial charge < -0.3 is 15.3 Å². The molecule has 16 heavy (non-hydrogen) atoms. The minimum atomic E-state index is -0.228. The molecule has 0 heterocycles. The number of benzene rings is 1. The molecule has 1 aromatic carbocycles. The van der Waals surface area contributed by atoms with Gasteiger partial charge in [-0.1, -0.05) is 6.92 Å². The summed E-state index contributed by atoms with van der Waals surface area (Å²) in [5, 5.41) is 12.1. The summed E-state index contributed by atoms with van der Waals surface area (Å²) in [4.78, 5) is 1.92. The van der Waals surface area contributed by atoms with Gasteiger partial charge in [-0.25, -0.2) is 4.39 Å². The molecule has 0 saturated heterocycles. The van der Waals surface area contributed by atoms with Crippen LogP contribution < -0.4 is 10.2 Å². The summed E-state index contributed by atoms with van der Waals surface area (Å²) in [5.74, 6) is -0.228. The largest absolute Gasteiger partial charge is 0.395 e. The third-order valence-corrected chi connectivity index (χ3v) is 2.45. The number of aliphatic hydroxyl groups is 1. The van der Waals surface area contributed by atoms with E-state index in [9.17, 15) is 4.39 Å². The van der Waals surface area contributed by atoms with Crippen LogP contribution in [0.5, 0.6) is 0 Å². The summed E-state index contributed by atoms with van der Waals surface area (Å²) in [7, 11) is 1.89. The molecule has 0 aromatic heterocycles. The van der Waals surface area contributed by atoms with Crippen molar-refractivity contribution in [2.24, 2.45) is 0 Å². The second-order valence-corrected chi connectivity index (χ2v) is 3.70. The zero-order valence-electron chi connectivity index (χ0n) is 9.83. The lowest BCUT2D eigenvalue weighted by atomic mass is 10.1. The normalized spacial score (nSPS) is 10.5. The molecule has 2 N–H and O–H groups in total. The lowest BCUT2D eigenvalue weighted by Crippen LogP contribution is -2.24. The molecule has 4 heteroatoms. The number of likely N-dealkylation sites (N-methyl/N-ethyl adjacent to an activating group) is 1. The van der Waals surface area contributed by atoms with Crippen molar-refractivity contribution in [1.82, 2.24) is 5.32 Å². The maximum Gasteiger partial charge on any atom is 0.123 e. The van der Waals surface area contributed by atoms with Gasteiger partial charge in [0.25, 0.3) is 0 Å². The first-order chi connectivity index (χ1) is 7.69. The fourth-order valence-electron chi connectivity index (χ4n) is 1.60. The Balaban J connectivity index is 2.88. The van der Waals surface area contributed by atoms with Crippen LogP contribution in [0.3, 0.4) is 0 Å². The molecule has 90 valence electrons. The monoisotopic (exact) mass is 226 g/mol. The van der Waals surface area contributed by atoms with Crippen LogP contribution in [-0.4, -0.2) is 31.9 Å². The molecule has 0 aliphatic heterocycles. The molecule has 0 spiro atoms. The number of anilines is 1. The van der Waals surface area contributed by atoms with Crippen molar-refractivity contribution in [3.05, 3.63) is 29.6 Å². The Morgan fingerprint density at radius 3 is 2.81 bits per heavy atom. The highest BCUT2D eigenvalue weighted by Crippen LogP contribution is 2.20. The minimum absolute atomic E-state index is 0.0918. The minimum Gasteiger partial charge on any atom is -0.395 e. The Hall–Kier alpha value is -1.13. The highest BCUT2D eigenvalue weighted by atomic mass is 19.1. The summed E-state index contributed by atoms with van der Waals surface area (Å²) in [6.07, 6.45) is 0. The van der Waals surface area contributed by atoms with Crippen molar-refractivity contribution in [1.29, 1.82) is 0 Å². The number of hydrogen-bond donors (Lipinski definition) is 2. The van der Waals surface area contributed by atoms with Crippen LogP contribution in [0.1, 0.15) is 12.5 Å². The van der Waals surface area contributed by atoms with Gasteiger partial charge in [0.2, 0.25) is 0 Å². The van der Waals surface area contributed by atoms with Crippen molar-refractivity contribution < 1.29 is 9.50 Å². The molecule has 0 unspecified atom stereocenters. The molecule has 0 radical (unpaired) electrons. The highest BCUT2D eigenvalue weighted by Gasteiger charge is 2.07. The Morgan fingerprint density at radius 1 is 1.44 bits per heavy atom. The SMILES string of the molecule is CCNCc1cc(F)ccc1N(C)CCO. The zero-order valence-corrected chi connectivity index (χ0v) is 9.83. The van der Waals surface area contributed by atoms with Crippen LogP contribution in [0.15, 0.2) is 18.2 Å². The molecule has 0 aliphatic carbocycles. The second kappa shape index (κ2) is 6.45. The maximum atomic E-state index is 13.1. The van der Waals surface area contributed by atoms with Gasteiger partial charge in [0.15, 0.2) is 0 Å². The summed E-state index contributed by atoms with van der Waals surface area (Å²) in [6.45, 7) is 4.13. The molecule has 0 amide bonds. The fraction of sp³-hybridized carbons (Fsp3) is 0.500. The third kappa shape index (κ3) is 3.47. The molecular formula is C12H19FN2O. The molecule has 3 nitrogen and oxygen atoms in total. The standard InChI is InChI=1S/C12H19FN2O/c1-3-14-9-10-8-11(13)4-5-12(10)15(2)6-7-16/h4-5,8,14,16H,3,6-7,9H2,1-2H3. The van der Waals surface area contributed by atoms with Crippen molar-refractivity contribution in [2.75, 3.05) is 31.6 Å². The summed E-state index contributed by atoms with van der Waals surface area (Å²) in [5.41, 5.74) is 1.87. The van der Waals surface area contributed by atoms with Crippen molar-refractivity contribution in [3.63, 3.8) is 0 Å². The highest BCUT2D eigenvalue weighted by molar-refractivity contribution is 5.53. The average molecular weight is 226 g/mol. The Kier molecular flexibility index (Phi) is 5.22. The van der Waals surface area contributed by atoms with Gasteiger partial charge in [-0.2, -0.15) is 0 Å². The Bertz CT molecular complexity index is 331. The predicted molar refractivity (Wildman–Crippen MR) is 64.1 cm³/mol. The summed E-state index contributed by atoms with van der Waals surface area (Å²) < 4.78 is 13.1. The van der Waals surface area contributed by atoms with Gasteiger partial charge in [-0.05, 0) is 30.3 Å². The van der Waals surface area contributed by atoms with E-state index >= 15 is 0 Å². The van der Waals surface area contributed by atoms with Gasteiger partial charge in [0, 0.05) is 25.8 Å². The topological polar surface area (TPSA) is 35.5 Å². The molecule has 1 aromatic rings. The lowest BCUT2D eigenvalue weighted by Gasteiger charge is -2.21. The summed E-state index contributed by atoms with van der Waals surface area (Å²) in [6, 6.07) is 4.72. The van der Waals surface area contributed by atoms with Gasteiger partial charge in [0.1, 0.15) is 5.82 Å². The molecule has 0 fully saturated rings. The molecule has 0 aliphatic rings. The number of nitrogens with one attached hydrogen (secondary N) is 1. The first kappa shape index (κ1) is 12.9. The van der Waals surface area contributed by atoms with E-state index in [1.807, 2.05) is 18.9 Å². The smallest absolute Gasteiger partial charge is 0.123 e. The average Bonchev–Trinajstić information content (AvgIpc) is 2.26. The quantitative estimate of drug-likeness (QED) is 0.769. The molecular weight excluding hydrogens is 207 g/mol. The van der Waals surface area contributed by atoms with Gasteiger partial charge in [-0.15, -0.1) is 0 Å². The van der Waals surface area contributed by atoms with Crippen molar-refractivity contribution in [3.8, 4) is 0 Å². The second-order valence-electron chi connectivity index (χ2n) is 3.70. The number of hydrogen-bond acceptors (Lipinski definition) is 3. The van der Waals surface area contributed by atoms with E-state index in [2.05, 4.69) is 5.32 Å². The predicted octanol–water partition coefficient (Wildman–Crippen LogP) is 1.36. The fourth-order valence-corrected chi connectivity index (χ4v) is 1.60. The molecule has 1 rings (SSSR count). The first-order valence-electron chi connectivity index (χ1n) is 5.50. The van der Waals surface area contributed by atoms with E-state index in [1.165, 1.54) is 12.1 Å². The molecule has 0 bridgehead atoms. The Morgan fingerprint density at radius 2 is 2.19 bits per heavy atom. The van der Waals surface area contributed by atoms with Crippen LogP contribution in [0.25, 0.3) is 0 Å². The maximum absolute atomic E-state index is 13.1. The van der Waals surface area contributed by atoms with Crippen molar-refractivity contribution >= 4 is 5.69 Å². The van der Waals surface area contributed by atoms with Gasteiger partial charge in [0.05, 0.1) is 6.61 Å². The van der Waals surface area contributed by atoms with Crippen LogP contribution in [-0.2, 0) is 6.54 Å². The van der Waals surface area contributed by atoms with E-state index in [-0.39, 0.29) is 12.4 Å². The molecule has 0 saturated carbocycles.